The highest BCUT2D eigenvalue weighted by Gasteiger charge is 2.41. The van der Waals surface area contributed by atoms with Crippen LogP contribution >= 0.6 is 0 Å². The molecule has 1 heterocycles. The van der Waals surface area contributed by atoms with Crippen LogP contribution in [0.25, 0.3) is 0 Å². The van der Waals surface area contributed by atoms with Crippen LogP contribution in [0.5, 0.6) is 0 Å². The highest BCUT2D eigenvalue weighted by atomic mass is 16.4. The second-order valence-electron chi connectivity index (χ2n) is 6.78. The number of rotatable bonds is 3. The van der Waals surface area contributed by atoms with Gasteiger partial charge in [0.2, 0.25) is 0 Å². The van der Waals surface area contributed by atoms with E-state index in [9.17, 15) is 14.7 Å². The number of nitrogens with two attached hydrogens (primary N) is 1. The van der Waals surface area contributed by atoms with E-state index < -0.39 is 11.4 Å². The molecule has 1 saturated carbocycles. The summed E-state index contributed by atoms with van der Waals surface area (Å²) in [6, 6.07) is -0.141. The number of piperidine rings is 1. The third-order valence-corrected chi connectivity index (χ3v) is 5.01. The van der Waals surface area contributed by atoms with Gasteiger partial charge in [0, 0.05) is 25.7 Å². The number of nitrogens with one attached hydrogen (secondary N) is 1. The fourth-order valence-electron chi connectivity index (χ4n) is 3.33. The fourth-order valence-corrected chi connectivity index (χ4v) is 3.33. The van der Waals surface area contributed by atoms with Gasteiger partial charge < -0.3 is 21.1 Å². The van der Waals surface area contributed by atoms with Crippen molar-refractivity contribution in [3.8, 4) is 0 Å². The molecule has 0 spiro atoms. The average molecular weight is 297 g/mol. The fraction of sp³-hybridized carbons (Fsp3) is 0.867. The Morgan fingerprint density at radius 1 is 1.33 bits per heavy atom. The van der Waals surface area contributed by atoms with Crippen molar-refractivity contribution in [3.05, 3.63) is 0 Å². The molecule has 6 nitrogen and oxygen atoms in total. The summed E-state index contributed by atoms with van der Waals surface area (Å²) in [5, 5.41) is 12.4. The van der Waals surface area contributed by atoms with E-state index in [1.54, 1.807) is 4.90 Å². The molecular weight excluding hydrogens is 270 g/mol. The van der Waals surface area contributed by atoms with Crippen molar-refractivity contribution in [1.29, 1.82) is 0 Å². The minimum atomic E-state index is -0.792. The summed E-state index contributed by atoms with van der Waals surface area (Å²) in [5.41, 5.74) is 5.08. The van der Waals surface area contributed by atoms with E-state index in [1.165, 1.54) is 0 Å². The van der Waals surface area contributed by atoms with E-state index in [0.717, 1.165) is 25.7 Å². The van der Waals surface area contributed by atoms with E-state index in [2.05, 4.69) is 12.2 Å². The summed E-state index contributed by atoms with van der Waals surface area (Å²) in [5.74, 6) is -0.210. The Balaban J connectivity index is 1.90. The molecule has 1 atom stereocenters. The summed E-state index contributed by atoms with van der Waals surface area (Å²) in [7, 11) is 0. The molecule has 2 fully saturated rings. The lowest BCUT2D eigenvalue weighted by atomic mass is 9.71. The van der Waals surface area contributed by atoms with Crippen LogP contribution in [0.2, 0.25) is 0 Å². The quantitative estimate of drug-likeness (QED) is 0.733. The first-order valence-electron chi connectivity index (χ1n) is 7.95. The lowest BCUT2D eigenvalue weighted by Gasteiger charge is -2.37. The molecule has 0 radical (unpaired) electrons. The Morgan fingerprint density at radius 2 is 2.00 bits per heavy atom. The van der Waals surface area contributed by atoms with Gasteiger partial charge in [0.15, 0.2) is 0 Å². The third kappa shape index (κ3) is 3.87. The molecule has 2 aliphatic rings. The van der Waals surface area contributed by atoms with E-state index in [-0.39, 0.29) is 18.6 Å². The highest BCUT2D eigenvalue weighted by molar-refractivity contribution is 5.78. The molecule has 1 aliphatic heterocycles. The Kier molecular flexibility index (Phi) is 5.08. The van der Waals surface area contributed by atoms with Crippen LogP contribution in [0.4, 0.5) is 4.79 Å². The van der Waals surface area contributed by atoms with Gasteiger partial charge in [-0.1, -0.05) is 6.92 Å². The van der Waals surface area contributed by atoms with Crippen LogP contribution in [0.15, 0.2) is 0 Å². The maximum atomic E-state index is 12.2. The minimum Gasteiger partial charge on any atom is -0.481 e. The molecule has 0 bridgehead atoms. The van der Waals surface area contributed by atoms with Gasteiger partial charge in [0.1, 0.15) is 0 Å². The number of hydrogen-bond acceptors (Lipinski definition) is 3. The second kappa shape index (κ2) is 6.64. The van der Waals surface area contributed by atoms with Crippen molar-refractivity contribution in [3.63, 3.8) is 0 Å². The van der Waals surface area contributed by atoms with Crippen LogP contribution in [0, 0.1) is 11.3 Å². The first-order chi connectivity index (χ1) is 9.93. The van der Waals surface area contributed by atoms with Crippen molar-refractivity contribution >= 4 is 12.0 Å². The summed E-state index contributed by atoms with van der Waals surface area (Å²) in [4.78, 5) is 25.5. The predicted octanol–water partition coefficient (Wildman–Crippen LogP) is 1.40. The molecule has 1 saturated heterocycles. The van der Waals surface area contributed by atoms with Crippen molar-refractivity contribution < 1.29 is 14.7 Å². The first kappa shape index (κ1) is 16.1. The molecule has 2 rings (SSSR count). The molecule has 21 heavy (non-hydrogen) atoms. The monoisotopic (exact) mass is 297 g/mol. The molecule has 1 aliphatic carbocycles. The van der Waals surface area contributed by atoms with Crippen molar-refractivity contribution in [2.75, 3.05) is 19.6 Å². The molecular formula is C15H27N3O3. The molecule has 6 heteroatoms. The van der Waals surface area contributed by atoms with E-state index in [1.807, 2.05) is 0 Å². The zero-order chi connectivity index (χ0) is 15.5. The Labute approximate surface area is 126 Å². The number of carboxylic acid groups (broad SMARTS) is 1. The Bertz CT molecular complexity index is 392. The van der Waals surface area contributed by atoms with E-state index in [4.69, 9.17) is 5.73 Å². The molecule has 1 unspecified atom stereocenters. The maximum Gasteiger partial charge on any atom is 0.317 e. The van der Waals surface area contributed by atoms with E-state index >= 15 is 0 Å². The lowest BCUT2D eigenvalue weighted by Crippen LogP contribution is -2.53. The zero-order valence-electron chi connectivity index (χ0n) is 12.8. The number of likely N-dealkylation sites (tertiary alicyclic amines) is 1. The number of carboxylic acids is 1. The molecule has 0 aromatic rings. The van der Waals surface area contributed by atoms with Crippen LogP contribution in [-0.4, -0.2) is 47.7 Å². The van der Waals surface area contributed by atoms with Crippen molar-refractivity contribution in [1.82, 2.24) is 10.2 Å². The third-order valence-electron chi connectivity index (χ3n) is 5.01. The van der Waals surface area contributed by atoms with Crippen LogP contribution in [0.1, 0.15) is 45.4 Å². The van der Waals surface area contributed by atoms with Crippen LogP contribution in [0.3, 0.4) is 0 Å². The number of carbonyl (C=O) groups is 2. The minimum absolute atomic E-state index is 0.0356. The second-order valence-corrected chi connectivity index (χ2v) is 6.78. The molecule has 0 aromatic carbocycles. The number of urea groups is 1. The predicted molar refractivity (Wildman–Crippen MR) is 79.9 cm³/mol. The van der Waals surface area contributed by atoms with Crippen molar-refractivity contribution in [2.45, 2.75) is 51.5 Å². The van der Waals surface area contributed by atoms with Gasteiger partial charge in [-0.15, -0.1) is 0 Å². The van der Waals surface area contributed by atoms with Crippen LogP contribution < -0.4 is 11.1 Å². The number of hydrogen-bond donors (Lipinski definition) is 3. The van der Waals surface area contributed by atoms with Gasteiger partial charge in [-0.3, -0.25) is 4.79 Å². The number of nitrogens with zero attached hydrogens (tertiary/aromatic N) is 1. The lowest BCUT2D eigenvalue weighted by molar-refractivity contribution is -0.151. The summed E-state index contributed by atoms with van der Waals surface area (Å²) < 4.78 is 0. The van der Waals surface area contributed by atoms with Gasteiger partial charge >= 0.3 is 12.0 Å². The zero-order valence-corrected chi connectivity index (χ0v) is 12.8. The van der Waals surface area contributed by atoms with Gasteiger partial charge in [-0.2, -0.15) is 0 Å². The van der Waals surface area contributed by atoms with Gasteiger partial charge in [-0.05, 0) is 44.4 Å². The van der Waals surface area contributed by atoms with Gasteiger partial charge in [0.25, 0.3) is 0 Å². The Morgan fingerprint density at radius 3 is 2.57 bits per heavy atom. The van der Waals surface area contributed by atoms with Gasteiger partial charge in [-0.25, -0.2) is 4.79 Å². The summed E-state index contributed by atoms with van der Waals surface area (Å²) in [6.07, 6.45) is 4.97. The highest BCUT2D eigenvalue weighted by Crippen LogP contribution is 2.38. The molecule has 0 aromatic heterocycles. The molecule has 120 valence electrons. The average Bonchev–Trinajstić information content (AvgIpc) is 2.46. The van der Waals surface area contributed by atoms with Crippen molar-refractivity contribution in [2.24, 2.45) is 17.1 Å². The Hall–Kier alpha value is -1.30. The normalized spacial score (nSPS) is 33.5. The number of carbonyl (C=O) groups excluding carboxylic acids is 1. The number of amides is 2. The van der Waals surface area contributed by atoms with E-state index in [0.29, 0.717) is 31.8 Å². The molecule has 4 N–H and O–H groups in total. The standard InChI is InChI=1S/C15H27N3O3/c1-11-4-6-15(7-5-11,13(19)20)10-17-14(21)18-8-2-3-12(16)9-18/h11-12H,2-10,16H2,1H3,(H,17,21)(H,19,20). The smallest absolute Gasteiger partial charge is 0.317 e. The van der Waals surface area contributed by atoms with Crippen LogP contribution in [-0.2, 0) is 4.79 Å². The van der Waals surface area contributed by atoms with Gasteiger partial charge in [0.05, 0.1) is 5.41 Å². The molecule has 2 amide bonds. The first-order valence-corrected chi connectivity index (χ1v) is 7.95. The summed E-state index contributed by atoms with van der Waals surface area (Å²) in [6.45, 7) is 3.64. The number of aliphatic carboxylic acids is 1. The summed E-state index contributed by atoms with van der Waals surface area (Å²) >= 11 is 0. The largest absolute Gasteiger partial charge is 0.481 e. The SMILES string of the molecule is CC1CCC(CNC(=O)N2CCCC(N)C2)(C(=O)O)CC1. The topological polar surface area (TPSA) is 95.7 Å². The maximum absolute atomic E-state index is 12.2.